The number of para-hydroxylation sites is 1. The van der Waals surface area contributed by atoms with E-state index in [2.05, 4.69) is 15.1 Å². The highest BCUT2D eigenvalue weighted by atomic mass is 16.6. The number of nitrogens with zero attached hydrogens (tertiary/aromatic N) is 3. The molecule has 232 valence electrons. The van der Waals surface area contributed by atoms with Crippen LogP contribution in [0.5, 0.6) is 0 Å². The van der Waals surface area contributed by atoms with E-state index in [-0.39, 0.29) is 17.9 Å². The summed E-state index contributed by atoms with van der Waals surface area (Å²) in [4.78, 5) is 43.3. The van der Waals surface area contributed by atoms with Crippen molar-refractivity contribution in [3.8, 4) is 11.1 Å². The second-order valence-corrected chi connectivity index (χ2v) is 11.8. The van der Waals surface area contributed by atoms with Gasteiger partial charge in [-0.1, -0.05) is 60.7 Å². The number of hydrogen-bond acceptors (Lipinski definition) is 6. The quantitative estimate of drug-likeness (QED) is 0.321. The zero-order valence-electron chi connectivity index (χ0n) is 25.4. The minimum absolute atomic E-state index is 0.00973. The SMILES string of the molecule is CN(CCN1CCC(OC(=O)Nc2ccccc2-c2ccccc2)CC1)C(=O)c1ccc(CN2CCC(C(=O)O)CC2)cc1. The molecule has 2 saturated heterocycles. The predicted molar refractivity (Wildman–Crippen MR) is 170 cm³/mol. The Balaban J connectivity index is 1.01. The van der Waals surface area contributed by atoms with Crippen molar-refractivity contribution in [2.24, 2.45) is 5.92 Å². The van der Waals surface area contributed by atoms with Gasteiger partial charge in [0.2, 0.25) is 0 Å². The molecule has 0 aliphatic carbocycles. The number of carboxylic acid groups (broad SMARTS) is 1. The third-order valence-electron chi connectivity index (χ3n) is 8.70. The Hall–Kier alpha value is -4.21. The number of amides is 2. The number of hydrogen-bond donors (Lipinski definition) is 2. The van der Waals surface area contributed by atoms with Crippen molar-refractivity contribution in [3.05, 3.63) is 90.0 Å². The topological polar surface area (TPSA) is 102 Å². The van der Waals surface area contributed by atoms with Gasteiger partial charge in [0.25, 0.3) is 5.91 Å². The van der Waals surface area contributed by atoms with Crippen LogP contribution < -0.4 is 5.32 Å². The summed E-state index contributed by atoms with van der Waals surface area (Å²) in [6.45, 7) is 5.30. The average Bonchev–Trinajstić information content (AvgIpc) is 3.05. The summed E-state index contributed by atoms with van der Waals surface area (Å²) in [5.74, 6) is -0.941. The molecule has 2 heterocycles. The van der Waals surface area contributed by atoms with Gasteiger partial charge in [-0.3, -0.25) is 19.8 Å². The van der Waals surface area contributed by atoms with Crippen LogP contribution in [-0.4, -0.2) is 90.2 Å². The smallest absolute Gasteiger partial charge is 0.411 e. The van der Waals surface area contributed by atoms with Crippen LogP contribution in [0.3, 0.4) is 0 Å². The van der Waals surface area contributed by atoms with Crippen LogP contribution in [0.15, 0.2) is 78.9 Å². The molecule has 9 heteroatoms. The summed E-state index contributed by atoms with van der Waals surface area (Å²) < 4.78 is 5.76. The number of rotatable bonds is 10. The standard InChI is InChI=1S/C35H42N4O5/c1-37(33(40)28-13-11-26(12-14-28)25-39-19-15-29(16-20-39)34(41)42)23-24-38-21-17-30(18-22-38)44-35(43)36-32-10-6-5-9-31(32)27-7-3-2-4-8-27/h2-14,29-30H,15-25H2,1H3,(H,36,43)(H,41,42). The lowest BCUT2D eigenvalue weighted by Crippen LogP contribution is -2.42. The summed E-state index contributed by atoms with van der Waals surface area (Å²) in [6.07, 6.45) is 2.28. The second-order valence-electron chi connectivity index (χ2n) is 11.8. The van der Waals surface area contributed by atoms with Crippen molar-refractivity contribution >= 4 is 23.7 Å². The Labute approximate surface area is 259 Å². The number of carboxylic acids is 1. The van der Waals surface area contributed by atoms with E-state index in [1.807, 2.05) is 85.9 Å². The van der Waals surface area contributed by atoms with Crippen LogP contribution >= 0.6 is 0 Å². The molecule has 44 heavy (non-hydrogen) atoms. The minimum atomic E-state index is -0.698. The number of likely N-dealkylation sites (tertiary alicyclic amines) is 2. The van der Waals surface area contributed by atoms with Crippen molar-refractivity contribution in [3.63, 3.8) is 0 Å². The first-order valence-electron chi connectivity index (χ1n) is 15.5. The number of piperidine rings is 2. The Morgan fingerprint density at radius 3 is 2.16 bits per heavy atom. The highest BCUT2D eigenvalue weighted by molar-refractivity contribution is 5.94. The molecule has 0 aromatic heterocycles. The number of benzene rings is 3. The summed E-state index contributed by atoms with van der Waals surface area (Å²) in [6, 6.07) is 25.4. The Bertz CT molecular complexity index is 1400. The van der Waals surface area contributed by atoms with E-state index in [4.69, 9.17) is 4.74 Å². The van der Waals surface area contributed by atoms with Crippen LogP contribution in [0.1, 0.15) is 41.6 Å². The molecule has 0 atom stereocenters. The predicted octanol–water partition coefficient (Wildman–Crippen LogP) is 5.44. The fourth-order valence-corrected chi connectivity index (χ4v) is 5.97. The highest BCUT2D eigenvalue weighted by Gasteiger charge is 2.25. The molecule has 3 aromatic rings. The fraction of sp³-hybridized carbons (Fsp3) is 0.400. The molecule has 3 aromatic carbocycles. The summed E-state index contributed by atoms with van der Waals surface area (Å²) in [5.41, 5.74) is 4.49. The van der Waals surface area contributed by atoms with Gasteiger partial charge in [0, 0.05) is 50.9 Å². The van der Waals surface area contributed by atoms with Crippen molar-refractivity contribution in [2.45, 2.75) is 38.3 Å². The maximum absolute atomic E-state index is 13.0. The molecule has 9 nitrogen and oxygen atoms in total. The van der Waals surface area contributed by atoms with Crippen molar-refractivity contribution in [1.82, 2.24) is 14.7 Å². The van der Waals surface area contributed by atoms with Gasteiger partial charge in [0.05, 0.1) is 11.6 Å². The number of ether oxygens (including phenoxy) is 1. The van der Waals surface area contributed by atoms with E-state index in [9.17, 15) is 19.5 Å². The number of carbonyl (C=O) groups excluding carboxylic acids is 2. The van der Waals surface area contributed by atoms with Crippen molar-refractivity contribution < 1.29 is 24.2 Å². The molecule has 2 aliphatic heterocycles. The minimum Gasteiger partial charge on any atom is -0.481 e. The van der Waals surface area contributed by atoms with Crippen LogP contribution in [0, 0.1) is 5.92 Å². The van der Waals surface area contributed by atoms with Gasteiger partial charge in [-0.05, 0) is 68.1 Å². The Morgan fingerprint density at radius 2 is 1.48 bits per heavy atom. The molecule has 2 N–H and O–H groups in total. The molecule has 5 rings (SSSR count). The van der Waals surface area contributed by atoms with E-state index in [0.29, 0.717) is 24.9 Å². The first kappa shape index (κ1) is 31.2. The van der Waals surface area contributed by atoms with E-state index >= 15 is 0 Å². The first-order chi connectivity index (χ1) is 21.4. The average molecular weight is 599 g/mol. The molecule has 0 unspecified atom stereocenters. The van der Waals surface area contributed by atoms with Gasteiger partial charge >= 0.3 is 12.1 Å². The third-order valence-corrected chi connectivity index (χ3v) is 8.70. The number of nitrogens with one attached hydrogen (secondary N) is 1. The summed E-state index contributed by atoms with van der Waals surface area (Å²) >= 11 is 0. The van der Waals surface area contributed by atoms with Crippen molar-refractivity contribution in [2.75, 3.05) is 51.6 Å². The lowest BCUT2D eigenvalue weighted by atomic mass is 9.97. The monoisotopic (exact) mass is 598 g/mol. The van der Waals surface area contributed by atoms with E-state index < -0.39 is 12.1 Å². The molecular formula is C35H42N4O5. The first-order valence-corrected chi connectivity index (χ1v) is 15.5. The van der Waals surface area contributed by atoms with Crippen LogP contribution in [0.2, 0.25) is 0 Å². The van der Waals surface area contributed by atoms with Gasteiger partial charge in [-0.2, -0.15) is 0 Å². The van der Waals surface area contributed by atoms with Gasteiger partial charge in [0.1, 0.15) is 6.10 Å². The van der Waals surface area contributed by atoms with Crippen molar-refractivity contribution in [1.29, 1.82) is 0 Å². The number of likely N-dealkylation sites (N-methyl/N-ethyl adjacent to an activating group) is 1. The zero-order valence-corrected chi connectivity index (χ0v) is 25.4. The number of anilines is 1. The van der Waals surface area contributed by atoms with Crippen LogP contribution in [0.25, 0.3) is 11.1 Å². The maximum atomic E-state index is 13.0. The molecular weight excluding hydrogens is 556 g/mol. The molecule has 0 saturated carbocycles. The Kier molecular flexibility index (Phi) is 10.6. The van der Waals surface area contributed by atoms with E-state index in [1.165, 1.54) is 0 Å². The van der Waals surface area contributed by atoms with E-state index in [1.54, 1.807) is 4.90 Å². The maximum Gasteiger partial charge on any atom is 0.411 e. The Morgan fingerprint density at radius 1 is 0.841 bits per heavy atom. The van der Waals surface area contributed by atoms with Crippen LogP contribution in [0.4, 0.5) is 10.5 Å². The lowest BCUT2D eigenvalue weighted by molar-refractivity contribution is -0.143. The molecule has 2 aliphatic rings. The largest absolute Gasteiger partial charge is 0.481 e. The summed E-state index contributed by atoms with van der Waals surface area (Å²) in [5, 5.41) is 12.1. The fourth-order valence-electron chi connectivity index (χ4n) is 5.97. The molecule has 0 radical (unpaired) electrons. The normalized spacial score (nSPS) is 16.8. The van der Waals surface area contributed by atoms with Gasteiger partial charge in [-0.25, -0.2) is 4.79 Å². The second kappa shape index (κ2) is 15.0. The highest BCUT2D eigenvalue weighted by Crippen LogP contribution is 2.28. The number of carbonyl (C=O) groups is 3. The molecule has 2 amide bonds. The lowest BCUT2D eigenvalue weighted by Gasteiger charge is -2.32. The molecule has 0 bridgehead atoms. The van der Waals surface area contributed by atoms with Crippen LogP contribution in [-0.2, 0) is 16.1 Å². The molecule has 0 spiro atoms. The molecule has 2 fully saturated rings. The third kappa shape index (κ3) is 8.45. The zero-order chi connectivity index (χ0) is 30.9. The number of aliphatic carboxylic acids is 1. The van der Waals surface area contributed by atoms with E-state index in [0.717, 1.165) is 74.5 Å². The van der Waals surface area contributed by atoms with Gasteiger partial charge in [-0.15, -0.1) is 0 Å². The van der Waals surface area contributed by atoms with Gasteiger partial charge < -0.3 is 19.6 Å². The summed E-state index contributed by atoms with van der Waals surface area (Å²) in [7, 11) is 1.83. The van der Waals surface area contributed by atoms with Gasteiger partial charge in [0.15, 0.2) is 0 Å².